The van der Waals surface area contributed by atoms with Crippen LogP contribution < -0.4 is 10.6 Å². The molecule has 104 valence electrons. The van der Waals surface area contributed by atoms with Crippen molar-refractivity contribution < 1.29 is 4.79 Å². The van der Waals surface area contributed by atoms with Gasteiger partial charge in [-0.3, -0.25) is 0 Å². The summed E-state index contributed by atoms with van der Waals surface area (Å²) in [5.74, 6) is 1.13. The van der Waals surface area contributed by atoms with Crippen LogP contribution in [0.2, 0.25) is 0 Å². The molecule has 1 fully saturated rings. The summed E-state index contributed by atoms with van der Waals surface area (Å²) in [6.07, 6.45) is 3.96. The minimum absolute atomic E-state index is 0.0586. The summed E-state index contributed by atoms with van der Waals surface area (Å²) < 4.78 is 2.19. The average molecular weight is 280 g/mol. The van der Waals surface area contributed by atoms with Gasteiger partial charge in [-0.05, 0) is 11.8 Å². The van der Waals surface area contributed by atoms with Crippen LogP contribution in [0.15, 0.2) is 11.4 Å². The summed E-state index contributed by atoms with van der Waals surface area (Å²) in [4.78, 5) is 16.2. The van der Waals surface area contributed by atoms with E-state index in [2.05, 4.69) is 40.2 Å². The Labute approximate surface area is 117 Å². The minimum atomic E-state index is -0.0586. The van der Waals surface area contributed by atoms with E-state index in [1.54, 1.807) is 11.8 Å². The molecule has 0 bridgehead atoms. The number of rotatable bonds is 4. The van der Waals surface area contributed by atoms with Gasteiger partial charge in [-0.1, -0.05) is 25.6 Å². The Morgan fingerprint density at radius 1 is 1.63 bits per heavy atom. The largest absolute Gasteiger partial charge is 0.338 e. The number of amides is 2. The molecule has 1 aliphatic carbocycles. The molecule has 1 atom stereocenters. The lowest BCUT2D eigenvalue weighted by Crippen LogP contribution is -2.39. The molecule has 2 aliphatic rings. The van der Waals surface area contributed by atoms with Crippen LogP contribution in [0, 0.1) is 5.41 Å². The van der Waals surface area contributed by atoms with Gasteiger partial charge in [-0.25, -0.2) is 9.78 Å². The molecular weight excluding hydrogens is 260 g/mol. The second kappa shape index (κ2) is 4.74. The first-order valence-corrected chi connectivity index (χ1v) is 7.76. The van der Waals surface area contributed by atoms with Crippen molar-refractivity contribution in [2.45, 2.75) is 44.4 Å². The van der Waals surface area contributed by atoms with Gasteiger partial charge in [-0.2, -0.15) is 0 Å². The van der Waals surface area contributed by atoms with Gasteiger partial charge in [0.1, 0.15) is 0 Å². The Bertz CT molecular complexity index is 475. The number of fused-ring (bicyclic) bond motifs is 1. The molecule has 3 rings (SSSR count). The SMILES string of the molecule is CC1(C)C[C@@H]1NC(=O)NCCc1cn2c(n1)SCC2. The van der Waals surface area contributed by atoms with E-state index in [9.17, 15) is 4.79 Å². The van der Waals surface area contributed by atoms with Crippen molar-refractivity contribution in [3.05, 3.63) is 11.9 Å². The zero-order valence-electron chi connectivity index (χ0n) is 11.4. The average Bonchev–Trinajstić information content (AvgIpc) is 2.67. The molecule has 0 aromatic carbocycles. The number of hydrogen-bond donors (Lipinski definition) is 2. The number of nitrogens with one attached hydrogen (secondary N) is 2. The highest BCUT2D eigenvalue weighted by molar-refractivity contribution is 7.99. The van der Waals surface area contributed by atoms with Crippen LogP contribution in [-0.2, 0) is 13.0 Å². The summed E-state index contributed by atoms with van der Waals surface area (Å²) in [6.45, 7) is 6.03. The Balaban J connectivity index is 1.39. The second-order valence-corrected chi connectivity index (χ2v) is 7.01. The number of hydrogen-bond acceptors (Lipinski definition) is 3. The van der Waals surface area contributed by atoms with Gasteiger partial charge in [0.25, 0.3) is 0 Å². The van der Waals surface area contributed by atoms with Crippen molar-refractivity contribution in [3.8, 4) is 0 Å². The van der Waals surface area contributed by atoms with Crippen LogP contribution in [0.1, 0.15) is 26.0 Å². The summed E-state index contributed by atoms with van der Waals surface area (Å²) in [5.41, 5.74) is 1.34. The zero-order valence-corrected chi connectivity index (χ0v) is 12.2. The van der Waals surface area contributed by atoms with E-state index in [1.165, 1.54) is 0 Å². The first-order valence-electron chi connectivity index (χ1n) is 6.78. The molecular formula is C13H20N4OS. The maximum Gasteiger partial charge on any atom is 0.315 e. The molecule has 0 radical (unpaired) electrons. The third kappa shape index (κ3) is 2.88. The monoisotopic (exact) mass is 280 g/mol. The number of carbonyl (C=O) groups is 1. The van der Waals surface area contributed by atoms with E-state index >= 15 is 0 Å². The van der Waals surface area contributed by atoms with Gasteiger partial charge < -0.3 is 15.2 Å². The fourth-order valence-corrected chi connectivity index (χ4v) is 3.27. The van der Waals surface area contributed by atoms with E-state index in [0.717, 1.165) is 36.0 Å². The van der Waals surface area contributed by atoms with Crippen molar-refractivity contribution in [3.63, 3.8) is 0 Å². The molecule has 2 amide bonds. The Morgan fingerprint density at radius 2 is 2.42 bits per heavy atom. The van der Waals surface area contributed by atoms with Crippen LogP contribution in [0.4, 0.5) is 4.79 Å². The maximum absolute atomic E-state index is 11.7. The number of carbonyl (C=O) groups excluding carboxylic acids is 1. The maximum atomic E-state index is 11.7. The van der Waals surface area contributed by atoms with Crippen molar-refractivity contribution in [2.75, 3.05) is 12.3 Å². The molecule has 0 unspecified atom stereocenters. The summed E-state index contributed by atoms with van der Waals surface area (Å²) in [7, 11) is 0. The molecule has 2 N–H and O–H groups in total. The lowest BCUT2D eigenvalue weighted by molar-refractivity contribution is 0.239. The van der Waals surface area contributed by atoms with E-state index in [-0.39, 0.29) is 11.4 Å². The molecule has 1 saturated carbocycles. The second-order valence-electron chi connectivity index (χ2n) is 5.95. The van der Waals surface area contributed by atoms with E-state index < -0.39 is 0 Å². The summed E-state index contributed by atoms with van der Waals surface area (Å²) in [6, 6.07) is 0.275. The predicted molar refractivity (Wildman–Crippen MR) is 75.4 cm³/mol. The highest BCUT2D eigenvalue weighted by Gasteiger charge is 2.46. The molecule has 0 saturated heterocycles. The Hall–Kier alpha value is -1.17. The number of aryl methyl sites for hydroxylation is 1. The van der Waals surface area contributed by atoms with Crippen LogP contribution >= 0.6 is 11.8 Å². The highest BCUT2D eigenvalue weighted by Crippen LogP contribution is 2.44. The number of aromatic nitrogens is 2. The molecule has 19 heavy (non-hydrogen) atoms. The number of nitrogens with zero attached hydrogens (tertiary/aromatic N) is 2. The lowest BCUT2D eigenvalue weighted by atomic mass is 10.2. The quantitative estimate of drug-likeness (QED) is 0.881. The molecule has 5 nitrogen and oxygen atoms in total. The first kappa shape index (κ1) is 12.8. The fraction of sp³-hybridized carbons (Fsp3) is 0.692. The molecule has 1 aromatic heterocycles. The van der Waals surface area contributed by atoms with Gasteiger partial charge in [0, 0.05) is 37.5 Å². The van der Waals surface area contributed by atoms with E-state index in [1.807, 2.05) is 0 Å². The normalized spacial score (nSPS) is 22.9. The molecule has 6 heteroatoms. The van der Waals surface area contributed by atoms with E-state index in [0.29, 0.717) is 12.6 Å². The molecule has 0 spiro atoms. The predicted octanol–water partition coefficient (Wildman–Crippen LogP) is 1.63. The third-order valence-corrected chi connectivity index (χ3v) is 4.81. The molecule has 1 aliphatic heterocycles. The van der Waals surface area contributed by atoms with Crippen molar-refractivity contribution in [2.24, 2.45) is 5.41 Å². The van der Waals surface area contributed by atoms with Crippen molar-refractivity contribution >= 4 is 17.8 Å². The summed E-state index contributed by atoms with van der Waals surface area (Å²) in [5, 5.41) is 7.00. The smallest absolute Gasteiger partial charge is 0.315 e. The van der Waals surface area contributed by atoms with Gasteiger partial charge in [0.15, 0.2) is 5.16 Å². The lowest BCUT2D eigenvalue weighted by Gasteiger charge is -2.08. The zero-order chi connectivity index (χ0) is 13.5. The highest BCUT2D eigenvalue weighted by atomic mass is 32.2. The Kier molecular flexibility index (Phi) is 3.20. The fourth-order valence-electron chi connectivity index (χ4n) is 2.31. The molecule has 1 aromatic rings. The van der Waals surface area contributed by atoms with Crippen molar-refractivity contribution in [1.82, 2.24) is 20.2 Å². The van der Waals surface area contributed by atoms with Gasteiger partial charge >= 0.3 is 6.03 Å². The third-order valence-electron chi connectivity index (χ3n) is 3.84. The number of thioether (sulfide) groups is 1. The Morgan fingerprint density at radius 3 is 3.11 bits per heavy atom. The van der Waals surface area contributed by atoms with Crippen LogP contribution in [-0.4, -0.2) is 33.9 Å². The van der Waals surface area contributed by atoms with Crippen molar-refractivity contribution in [1.29, 1.82) is 0 Å². The van der Waals surface area contributed by atoms with Crippen LogP contribution in [0.3, 0.4) is 0 Å². The van der Waals surface area contributed by atoms with Crippen LogP contribution in [0.25, 0.3) is 0 Å². The van der Waals surface area contributed by atoms with E-state index in [4.69, 9.17) is 0 Å². The summed E-state index contributed by atoms with van der Waals surface area (Å²) >= 11 is 1.80. The number of urea groups is 1. The van der Waals surface area contributed by atoms with Crippen LogP contribution in [0.5, 0.6) is 0 Å². The molecule has 2 heterocycles. The van der Waals surface area contributed by atoms with Gasteiger partial charge in [0.05, 0.1) is 5.69 Å². The first-order chi connectivity index (χ1) is 9.04. The standard InChI is InChI=1S/C13H20N4OS/c1-13(2)7-10(13)16-11(18)14-4-3-9-8-17-5-6-19-12(17)15-9/h8,10H,3-7H2,1-2H3,(H2,14,16,18)/t10-/m0/s1. The topological polar surface area (TPSA) is 59.0 Å². The minimum Gasteiger partial charge on any atom is -0.338 e. The van der Waals surface area contributed by atoms with Gasteiger partial charge in [-0.15, -0.1) is 0 Å². The number of imidazole rings is 1. The van der Waals surface area contributed by atoms with Gasteiger partial charge in [0.2, 0.25) is 0 Å².